The van der Waals surface area contributed by atoms with Crippen molar-refractivity contribution in [3.63, 3.8) is 0 Å². The lowest BCUT2D eigenvalue weighted by atomic mass is 10.0. The third-order valence-electron chi connectivity index (χ3n) is 7.77. The molecule has 0 unspecified atom stereocenters. The van der Waals surface area contributed by atoms with Crippen molar-refractivity contribution in [3.05, 3.63) is 0 Å². The van der Waals surface area contributed by atoms with E-state index >= 15 is 0 Å². The summed E-state index contributed by atoms with van der Waals surface area (Å²) in [6.45, 7) is 15.9. The average molecular weight is 833 g/mol. The van der Waals surface area contributed by atoms with E-state index in [9.17, 15) is 38.4 Å². The van der Waals surface area contributed by atoms with Crippen LogP contribution < -0.4 is 9.64 Å². The molecule has 1 saturated heterocycles. The van der Waals surface area contributed by atoms with Gasteiger partial charge in [-0.1, -0.05) is 0 Å². The SMILES string of the molecule is CC(=O)O[C@@H](C)C(=O)O[C@@H](C)C(=O)O[C@H](COc1nsnc1N1CCOCC1)CN(C(=O)[C@H](C)OC(=O)[C@H](C)OC(=O)[C@H](C)OC(=O)[C@H](C)OC(C)=O)C(C)(C)C. The Labute approximate surface area is 334 Å². The molecule has 1 amide bonds. The minimum absolute atomic E-state index is 0.139. The summed E-state index contributed by atoms with van der Waals surface area (Å²) < 4.78 is 55.7. The van der Waals surface area contributed by atoms with Crippen molar-refractivity contribution in [1.29, 1.82) is 0 Å². The van der Waals surface area contributed by atoms with Gasteiger partial charge in [0, 0.05) is 32.5 Å². The highest BCUT2D eigenvalue weighted by Gasteiger charge is 2.37. The van der Waals surface area contributed by atoms with Crippen molar-refractivity contribution in [2.75, 3.05) is 44.4 Å². The highest BCUT2D eigenvalue weighted by atomic mass is 32.1. The molecule has 0 N–H and O–H groups in total. The fraction of sp³-hybridized carbons (Fsp3) is 0.714. The lowest BCUT2D eigenvalue weighted by molar-refractivity contribution is -0.184. The monoisotopic (exact) mass is 832 g/mol. The Bertz CT molecular complexity index is 1590. The van der Waals surface area contributed by atoms with Crippen molar-refractivity contribution >= 4 is 65.2 Å². The van der Waals surface area contributed by atoms with E-state index in [0.717, 1.165) is 25.6 Å². The molecular formula is C35H52N4O17S. The van der Waals surface area contributed by atoms with Gasteiger partial charge in [-0.05, 0) is 62.3 Å². The largest absolute Gasteiger partial charge is 0.470 e. The maximum absolute atomic E-state index is 13.9. The maximum atomic E-state index is 13.9. The van der Waals surface area contributed by atoms with Gasteiger partial charge in [0.25, 0.3) is 11.8 Å². The van der Waals surface area contributed by atoms with Gasteiger partial charge in [-0.3, -0.25) is 14.4 Å². The van der Waals surface area contributed by atoms with Gasteiger partial charge in [0.2, 0.25) is 5.82 Å². The lowest BCUT2D eigenvalue weighted by Crippen LogP contribution is -2.54. The normalized spacial score (nSPS) is 16.5. The van der Waals surface area contributed by atoms with Crippen LogP contribution in [0.15, 0.2) is 0 Å². The molecule has 7 atom stereocenters. The Morgan fingerprint density at radius 1 is 0.649 bits per heavy atom. The van der Waals surface area contributed by atoms with Gasteiger partial charge in [0.15, 0.2) is 42.7 Å². The summed E-state index contributed by atoms with van der Waals surface area (Å²) in [5.41, 5.74) is -0.984. The van der Waals surface area contributed by atoms with E-state index in [4.69, 9.17) is 42.6 Å². The van der Waals surface area contributed by atoms with Crippen molar-refractivity contribution in [1.82, 2.24) is 13.6 Å². The minimum atomic E-state index is -1.55. The van der Waals surface area contributed by atoms with Crippen LogP contribution in [0, 0.1) is 0 Å². The fourth-order valence-corrected chi connectivity index (χ4v) is 5.30. The fourth-order valence-electron chi connectivity index (χ4n) is 4.78. The molecule has 57 heavy (non-hydrogen) atoms. The van der Waals surface area contributed by atoms with Crippen LogP contribution >= 0.6 is 11.7 Å². The third kappa shape index (κ3) is 15.7. The Morgan fingerprint density at radius 2 is 1.05 bits per heavy atom. The molecule has 0 spiro atoms. The number of hydrogen-bond acceptors (Lipinski definition) is 21. The number of aromatic nitrogens is 2. The van der Waals surface area contributed by atoms with Crippen LogP contribution in [0.3, 0.4) is 0 Å². The zero-order chi connectivity index (χ0) is 43.2. The van der Waals surface area contributed by atoms with Crippen LogP contribution in [-0.4, -0.2) is 149 Å². The number of carbonyl (C=O) groups is 8. The Balaban J connectivity index is 2.22. The zero-order valence-electron chi connectivity index (χ0n) is 33.9. The predicted octanol–water partition coefficient (Wildman–Crippen LogP) is 0.922. The molecule has 1 aliphatic rings. The standard InChI is InChI=1S/C35H52N4O17S/c1-18(52-32(45)21(4)54-33(46)22(5)53-30(43)19(2)50-24(7)40)29(42)39(35(9,10)11)16-26(56-34(47)23(6)55-31(44)20(3)51-25(8)41)17-49-28-27(36-57-37-28)38-12-14-48-15-13-38/h18-23,26H,12-17H2,1-11H3/t18-,19-,20-,21-,22-,23-,26-/m0/s1. The second-order valence-electron chi connectivity index (χ2n) is 13.8. The number of ether oxygens (including phenoxy) is 9. The number of rotatable bonds is 19. The minimum Gasteiger partial charge on any atom is -0.470 e. The number of hydrogen-bond donors (Lipinski definition) is 0. The highest BCUT2D eigenvalue weighted by Crippen LogP contribution is 2.27. The summed E-state index contributed by atoms with van der Waals surface area (Å²) in [5.74, 6) is -6.90. The first kappa shape index (κ1) is 48.0. The summed E-state index contributed by atoms with van der Waals surface area (Å²) in [6.07, 6.45) is -9.82. The third-order valence-corrected chi connectivity index (χ3v) is 8.27. The number of esters is 7. The molecule has 22 heteroatoms. The molecule has 320 valence electrons. The predicted molar refractivity (Wildman–Crippen MR) is 194 cm³/mol. The molecule has 21 nitrogen and oxygen atoms in total. The van der Waals surface area contributed by atoms with Crippen LogP contribution in [-0.2, 0) is 76.3 Å². The van der Waals surface area contributed by atoms with Crippen LogP contribution in [0.1, 0.15) is 76.2 Å². The molecule has 2 heterocycles. The van der Waals surface area contributed by atoms with Gasteiger partial charge in [-0.2, -0.15) is 4.37 Å². The molecular weight excluding hydrogens is 780 g/mol. The number of carbonyl (C=O) groups excluding carboxylic acids is 8. The number of nitrogens with zero attached hydrogens (tertiary/aromatic N) is 4. The molecule has 0 aromatic carbocycles. The van der Waals surface area contributed by atoms with Gasteiger partial charge in [-0.15, -0.1) is 4.37 Å². The van der Waals surface area contributed by atoms with E-state index in [0.29, 0.717) is 32.1 Å². The maximum Gasteiger partial charge on any atom is 0.347 e. The quantitative estimate of drug-likeness (QED) is 0.139. The molecule has 0 aliphatic carbocycles. The van der Waals surface area contributed by atoms with E-state index in [1.54, 1.807) is 20.8 Å². The molecule has 0 saturated carbocycles. The Kier molecular flexibility index (Phi) is 18.5. The average Bonchev–Trinajstić information content (AvgIpc) is 3.60. The molecule has 0 radical (unpaired) electrons. The summed E-state index contributed by atoms with van der Waals surface area (Å²) in [6, 6.07) is 0. The van der Waals surface area contributed by atoms with Crippen LogP contribution in [0.2, 0.25) is 0 Å². The molecule has 1 fully saturated rings. The first-order valence-corrected chi connectivity index (χ1v) is 18.7. The first-order chi connectivity index (χ1) is 26.5. The van der Waals surface area contributed by atoms with Crippen LogP contribution in [0.5, 0.6) is 5.88 Å². The van der Waals surface area contributed by atoms with Crippen LogP contribution in [0.4, 0.5) is 5.82 Å². The second kappa shape index (κ2) is 22.0. The highest BCUT2D eigenvalue weighted by molar-refractivity contribution is 6.99. The Hall–Kier alpha value is -5.12. The summed E-state index contributed by atoms with van der Waals surface area (Å²) >= 11 is 0.898. The van der Waals surface area contributed by atoms with Crippen molar-refractivity contribution in [2.24, 2.45) is 0 Å². The van der Waals surface area contributed by atoms with Gasteiger partial charge >= 0.3 is 41.8 Å². The topological polar surface area (TPSA) is 252 Å². The van der Waals surface area contributed by atoms with E-state index < -0.39 is 96.0 Å². The Morgan fingerprint density at radius 3 is 1.47 bits per heavy atom. The zero-order valence-corrected chi connectivity index (χ0v) is 34.7. The lowest BCUT2D eigenvalue weighted by Gasteiger charge is -2.39. The second-order valence-corrected chi connectivity index (χ2v) is 14.3. The number of morpholine rings is 1. The van der Waals surface area contributed by atoms with Gasteiger partial charge in [-0.25, -0.2) is 24.0 Å². The van der Waals surface area contributed by atoms with E-state index in [1.807, 2.05) is 4.90 Å². The van der Waals surface area contributed by atoms with Crippen LogP contribution in [0.25, 0.3) is 0 Å². The smallest absolute Gasteiger partial charge is 0.347 e. The number of amides is 1. The molecule has 1 aromatic heterocycles. The van der Waals surface area contributed by atoms with Crippen molar-refractivity contribution in [3.8, 4) is 5.88 Å². The number of anilines is 1. The molecule has 0 bridgehead atoms. The van der Waals surface area contributed by atoms with E-state index in [2.05, 4.69) is 8.75 Å². The van der Waals surface area contributed by atoms with E-state index in [-0.39, 0.29) is 19.0 Å². The van der Waals surface area contributed by atoms with E-state index in [1.165, 1.54) is 46.4 Å². The summed E-state index contributed by atoms with van der Waals surface area (Å²) in [4.78, 5) is 103. The van der Waals surface area contributed by atoms with Crippen molar-refractivity contribution < 1.29 is 81.0 Å². The van der Waals surface area contributed by atoms with Gasteiger partial charge in [0.1, 0.15) is 6.61 Å². The van der Waals surface area contributed by atoms with Gasteiger partial charge in [0.05, 0.1) is 31.5 Å². The van der Waals surface area contributed by atoms with Crippen molar-refractivity contribution in [2.45, 2.75) is 124 Å². The summed E-state index contributed by atoms with van der Waals surface area (Å²) in [7, 11) is 0. The molecule has 1 aromatic rings. The first-order valence-electron chi connectivity index (χ1n) is 18.0. The summed E-state index contributed by atoms with van der Waals surface area (Å²) in [5, 5.41) is 0. The molecule has 1 aliphatic heterocycles. The van der Waals surface area contributed by atoms with Gasteiger partial charge < -0.3 is 52.4 Å². The molecule has 2 rings (SSSR count).